The van der Waals surface area contributed by atoms with E-state index < -0.39 is 0 Å². The minimum Gasteiger partial charge on any atom is -0.491 e. The zero-order valence-electron chi connectivity index (χ0n) is 17.7. The maximum atomic E-state index is 13.0. The predicted octanol–water partition coefficient (Wildman–Crippen LogP) is 4.41. The largest absolute Gasteiger partial charge is 0.491 e. The number of benzene rings is 2. The summed E-state index contributed by atoms with van der Waals surface area (Å²) in [5, 5.41) is 1.07. The second-order valence-corrected chi connectivity index (χ2v) is 7.85. The zero-order valence-corrected chi connectivity index (χ0v) is 18.7. The normalized spacial score (nSPS) is 10.9. The molecule has 1 unspecified atom stereocenters. The van der Waals surface area contributed by atoms with Crippen LogP contribution < -0.4 is 10.0 Å². The molecular weight excluding hydrogens is 350 g/mol. The molecule has 3 nitrogen and oxygen atoms in total. The van der Waals surface area contributed by atoms with Gasteiger partial charge in [0, 0.05) is 31.0 Å². The van der Waals surface area contributed by atoms with Crippen LogP contribution in [0.3, 0.4) is 0 Å². The average molecular weight is 379 g/mol. The Kier molecular flexibility index (Phi) is 9.78. The van der Waals surface area contributed by atoms with Gasteiger partial charge >= 0.3 is 0 Å². The van der Waals surface area contributed by atoms with Gasteiger partial charge in [-0.1, -0.05) is 12.1 Å². The molecule has 0 saturated heterocycles. The number of carbonyl (C=O) groups is 1. The van der Waals surface area contributed by atoms with Crippen molar-refractivity contribution in [2.75, 3.05) is 19.8 Å². The van der Waals surface area contributed by atoms with Gasteiger partial charge in [-0.05, 0) is 95.4 Å². The van der Waals surface area contributed by atoms with E-state index in [4.69, 9.17) is 9.47 Å². The SMILES string of the molecule is CCOCCOc1ccc(PC(=O)c2c(C)cc(C)c(C)c2C)c(C)c1.[Li]. The summed E-state index contributed by atoms with van der Waals surface area (Å²) in [6.07, 6.45) is 0. The van der Waals surface area contributed by atoms with E-state index in [1.807, 2.05) is 39.0 Å². The summed E-state index contributed by atoms with van der Waals surface area (Å²) >= 11 is 0. The fourth-order valence-electron chi connectivity index (χ4n) is 3.05. The molecule has 0 spiro atoms. The Balaban J connectivity index is 0.00000364. The van der Waals surface area contributed by atoms with Crippen molar-refractivity contribution in [2.24, 2.45) is 0 Å². The van der Waals surface area contributed by atoms with Crippen LogP contribution in [0.5, 0.6) is 5.75 Å². The second-order valence-electron chi connectivity index (χ2n) is 6.61. The molecule has 5 heteroatoms. The molecule has 0 aliphatic carbocycles. The fraction of sp³-hybridized carbons (Fsp3) is 0.409. The Morgan fingerprint density at radius 3 is 2.26 bits per heavy atom. The molecule has 0 fully saturated rings. The maximum absolute atomic E-state index is 13.0. The van der Waals surface area contributed by atoms with Gasteiger partial charge in [-0.15, -0.1) is 0 Å². The van der Waals surface area contributed by atoms with Gasteiger partial charge in [0.1, 0.15) is 12.4 Å². The quantitative estimate of drug-likeness (QED) is 0.387. The topological polar surface area (TPSA) is 35.5 Å². The fourth-order valence-corrected chi connectivity index (χ4v) is 4.24. The monoisotopic (exact) mass is 379 g/mol. The van der Waals surface area contributed by atoms with Crippen molar-refractivity contribution < 1.29 is 14.3 Å². The van der Waals surface area contributed by atoms with E-state index in [2.05, 4.69) is 26.8 Å². The Bertz CT molecular complexity index is 803. The molecule has 27 heavy (non-hydrogen) atoms. The molecule has 1 atom stereocenters. The second kappa shape index (κ2) is 11.0. The third kappa shape index (κ3) is 6.20. The molecule has 2 aromatic rings. The minimum atomic E-state index is 0. The van der Waals surface area contributed by atoms with Crippen LogP contribution in [0.25, 0.3) is 0 Å². The van der Waals surface area contributed by atoms with Crippen molar-refractivity contribution in [1.82, 2.24) is 0 Å². The number of aryl methyl sites for hydroxylation is 3. The molecule has 0 bridgehead atoms. The summed E-state index contributed by atoms with van der Waals surface area (Å²) < 4.78 is 11.0. The average Bonchev–Trinajstić information content (AvgIpc) is 2.59. The first-order valence-corrected chi connectivity index (χ1v) is 10.0. The van der Waals surface area contributed by atoms with Crippen LogP contribution in [0.4, 0.5) is 0 Å². The van der Waals surface area contributed by atoms with Crippen molar-refractivity contribution in [2.45, 2.75) is 41.5 Å². The van der Waals surface area contributed by atoms with Crippen LogP contribution in [0, 0.1) is 34.6 Å². The molecule has 141 valence electrons. The van der Waals surface area contributed by atoms with Crippen molar-refractivity contribution in [3.63, 3.8) is 0 Å². The van der Waals surface area contributed by atoms with E-state index in [9.17, 15) is 4.79 Å². The van der Waals surface area contributed by atoms with Crippen LogP contribution in [0.1, 0.15) is 45.1 Å². The Labute approximate surface area is 177 Å². The third-order valence-corrected chi connectivity index (χ3v) is 6.04. The molecule has 0 amide bonds. The molecule has 2 aromatic carbocycles. The van der Waals surface area contributed by atoms with Gasteiger partial charge < -0.3 is 9.47 Å². The van der Waals surface area contributed by atoms with Crippen LogP contribution in [-0.2, 0) is 4.74 Å². The smallest absolute Gasteiger partial charge is 0.186 e. The van der Waals surface area contributed by atoms with Gasteiger partial charge in [0.2, 0.25) is 0 Å². The van der Waals surface area contributed by atoms with Gasteiger partial charge in [0.15, 0.2) is 5.52 Å². The zero-order chi connectivity index (χ0) is 19.3. The summed E-state index contributed by atoms with van der Waals surface area (Å²) in [4.78, 5) is 13.0. The molecule has 1 radical (unpaired) electrons. The number of carbonyl (C=O) groups excluding carboxylic acids is 1. The first-order chi connectivity index (χ1) is 12.3. The van der Waals surface area contributed by atoms with Crippen LogP contribution >= 0.6 is 8.58 Å². The summed E-state index contributed by atoms with van der Waals surface area (Å²) in [6, 6.07) is 8.06. The number of hydrogen-bond donors (Lipinski definition) is 0. The van der Waals surface area contributed by atoms with E-state index in [0.717, 1.165) is 33.3 Å². The van der Waals surface area contributed by atoms with Gasteiger partial charge in [0.25, 0.3) is 0 Å². The van der Waals surface area contributed by atoms with Crippen LogP contribution in [0.15, 0.2) is 24.3 Å². The van der Waals surface area contributed by atoms with Gasteiger partial charge in [0.05, 0.1) is 6.61 Å². The van der Waals surface area contributed by atoms with E-state index >= 15 is 0 Å². The van der Waals surface area contributed by atoms with Gasteiger partial charge in [-0.2, -0.15) is 0 Å². The molecule has 0 N–H and O–H groups in total. The maximum Gasteiger partial charge on any atom is 0.186 e. The van der Waals surface area contributed by atoms with Crippen LogP contribution in [-0.4, -0.2) is 44.2 Å². The minimum absolute atomic E-state index is 0. The number of rotatable bonds is 8. The van der Waals surface area contributed by atoms with E-state index in [1.54, 1.807) is 0 Å². The van der Waals surface area contributed by atoms with Crippen molar-refractivity contribution in [1.29, 1.82) is 0 Å². The molecule has 2 rings (SSSR count). The summed E-state index contributed by atoms with van der Waals surface area (Å²) in [7, 11) is 0.120. The molecule has 0 aromatic heterocycles. The Morgan fingerprint density at radius 2 is 1.63 bits per heavy atom. The van der Waals surface area contributed by atoms with Crippen molar-refractivity contribution in [3.8, 4) is 5.75 Å². The molecular formula is C22H29LiO3P. The Hall–Kier alpha value is -1.10. The standard InChI is InChI=1S/C22H29O3P.Li/c1-7-24-10-11-25-19-8-9-20(15(3)13-19)26-22(23)21-16(4)12-14(2)17(5)18(21)6;/h8-9,12-13,26H,7,10-11H2,1-6H3;. The summed E-state index contributed by atoms with van der Waals surface area (Å²) in [5.74, 6) is 0.821. The molecule has 0 aliphatic heterocycles. The summed E-state index contributed by atoms with van der Waals surface area (Å²) in [5.41, 5.74) is 6.79. The Morgan fingerprint density at radius 1 is 0.926 bits per heavy atom. The van der Waals surface area contributed by atoms with Crippen LogP contribution in [0.2, 0.25) is 0 Å². The predicted molar refractivity (Wildman–Crippen MR) is 117 cm³/mol. The summed E-state index contributed by atoms with van der Waals surface area (Å²) in [6.45, 7) is 14.1. The van der Waals surface area contributed by atoms with E-state index in [1.165, 1.54) is 11.1 Å². The van der Waals surface area contributed by atoms with Crippen molar-refractivity contribution in [3.05, 3.63) is 57.6 Å². The van der Waals surface area contributed by atoms with E-state index in [0.29, 0.717) is 19.8 Å². The molecule has 0 heterocycles. The van der Waals surface area contributed by atoms with Crippen molar-refractivity contribution >= 4 is 38.3 Å². The van der Waals surface area contributed by atoms with Gasteiger partial charge in [-0.3, -0.25) is 4.79 Å². The number of hydrogen-bond acceptors (Lipinski definition) is 3. The molecule has 0 aliphatic rings. The van der Waals surface area contributed by atoms with Gasteiger partial charge in [-0.25, -0.2) is 0 Å². The van der Waals surface area contributed by atoms with E-state index in [-0.39, 0.29) is 33.0 Å². The molecule has 0 saturated carbocycles. The first-order valence-electron chi connectivity index (χ1n) is 9.05. The first kappa shape index (κ1) is 23.9. The third-order valence-electron chi connectivity index (χ3n) is 4.73. The number of ether oxygens (including phenoxy) is 2.